The van der Waals surface area contributed by atoms with E-state index in [2.05, 4.69) is 48.1 Å². The lowest BCUT2D eigenvalue weighted by molar-refractivity contribution is 0.672. The van der Waals surface area contributed by atoms with Crippen molar-refractivity contribution in [3.05, 3.63) is 40.8 Å². The Kier molecular flexibility index (Phi) is 3.59. The van der Waals surface area contributed by atoms with E-state index in [1.807, 2.05) is 0 Å². The first-order valence-electron chi connectivity index (χ1n) is 6.92. The molecule has 0 saturated carbocycles. The zero-order chi connectivity index (χ0) is 14.1. The molecule has 1 aromatic carbocycles. The van der Waals surface area contributed by atoms with Crippen LogP contribution >= 0.6 is 11.3 Å². The largest absolute Gasteiger partial charge is 0.330 e. The van der Waals surface area contributed by atoms with Crippen molar-refractivity contribution in [1.29, 1.82) is 0 Å². The Bertz CT molecular complexity index is 726. The molecule has 2 aromatic heterocycles. The van der Waals surface area contributed by atoms with Crippen LogP contribution in [0.4, 0.5) is 0 Å². The second kappa shape index (κ2) is 5.38. The van der Waals surface area contributed by atoms with Crippen molar-refractivity contribution in [2.75, 3.05) is 6.54 Å². The van der Waals surface area contributed by atoms with Crippen LogP contribution in [0.15, 0.2) is 29.6 Å². The second-order valence-electron chi connectivity index (χ2n) is 5.13. The second-order valence-corrected chi connectivity index (χ2v) is 6.08. The monoisotopic (exact) mass is 285 g/mol. The highest BCUT2D eigenvalue weighted by Gasteiger charge is 2.14. The minimum absolute atomic E-state index is 0.703. The number of nitrogens with zero attached hydrogens (tertiary/aromatic N) is 2. The number of aryl methyl sites for hydroxylation is 3. The third kappa shape index (κ3) is 2.25. The normalized spacial score (nSPS) is 11.3. The van der Waals surface area contributed by atoms with Crippen molar-refractivity contribution in [3.8, 4) is 10.7 Å². The van der Waals surface area contributed by atoms with Crippen molar-refractivity contribution in [1.82, 2.24) is 9.55 Å². The Hall–Kier alpha value is -1.65. The minimum Gasteiger partial charge on any atom is -0.330 e. The van der Waals surface area contributed by atoms with E-state index in [1.165, 1.54) is 21.5 Å². The van der Waals surface area contributed by atoms with E-state index in [0.717, 1.165) is 24.3 Å². The Balaban J connectivity index is 2.22. The van der Waals surface area contributed by atoms with Gasteiger partial charge in [-0.25, -0.2) is 4.98 Å². The Labute approximate surface area is 123 Å². The number of rotatable bonds is 4. The highest BCUT2D eigenvalue weighted by atomic mass is 32.1. The van der Waals surface area contributed by atoms with Gasteiger partial charge < -0.3 is 10.3 Å². The molecule has 3 aromatic rings. The molecule has 2 heterocycles. The minimum atomic E-state index is 0.703. The lowest BCUT2D eigenvalue weighted by atomic mass is 10.1. The summed E-state index contributed by atoms with van der Waals surface area (Å²) in [5.74, 6) is 1.06. The van der Waals surface area contributed by atoms with Gasteiger partial charge in [-0.2, -0.15) is 0 Å². The van der Waals surface area contributed by atoms with Crippen LogP contribution in [0.25, 0.3) is 21.7 Å². The third-order valence-electron chi connectivity index (χ3n) is 3.69. The van der Waals surface area contributed by atoms with Crippen LogP contribution in [0.2, 0.25) is 0 Å². The van der Waals surface area contributed by atoms with Gasteiger partial charge in [0.05, 0.1) is 15.9 Å². The topological polar surface area (TPSA) is 43.8 Å². The number of thiophene rings is 1. The van der Waals surface area contributed by atoms with Gasteiger partial charge in [-0.3, -0.25) is 0 Å². The quantitative estimate of drug-likeness (QED) is 0.793. The average Bonchev–Trinajstić information content (AvgIpc) is 3.05. The van der Waals surface area contributed by atoms with Crippen LogP contribution in [0.3, 0.4) is 0 Å². The summed E-state index contributed by atoms with van der Waals surface area (Å²) in [6.07, 6.45) is 0.969. The fourth-order valence-corrected chi connectivity index (χ4v) is 3.17. The Morgan fingerprint density at radius 1 is 1.25 bits per heavy atom. The molecule has 3 rings (SSSR count). The first-order chi connectivity index (χ1) is 9.70. The summed E-state index contributed by atoms with van der Waals surface area (Å²) < 4.78 is 2.31. The van der Waals surface area contributed by atoms with E-state index in [-0.39, 0.29) is 0 Å². The predicted molar refractivity (Wildman–Crippen MR) is 86.2 cm³/mol. The molecule has 4 heteroatoms. The highest BCUT2D eigenvalue weighted by Crippen LogP contribution is 2.29. The van der Waals surface area contributed by atoms with E-state index in [4.69, 9.17) is 10.7 Å². The van der Waals surface area contributed by atoms with E-state index >= 15 is 0 Å². The number of hydrogen-bond donors (Lipinski definition) is 1. The smallest absolute Gasteiger partial charge is 0.151 e. The molecule has 0 aliphatic heterocycles. The van der Waals surface area contributed by atoms with Gasteiger partial charge in [0.15, 0.2) is 5.82 Å². The zero-order valence-corrected chi connectivity index (χ0v) is 12.7. The van der Waals surface area contributed by atoms with Crippen molar-refractivity contribution in [2.24, 2.45) is 5.73 Å². The number of benzene rings is 1. The van der Waals surface area contributed by atoms with Gasteiger partial charge in [-0.05, 0) is 61.5 Å². The SMILES string of the molecule is Cc1cc2nc(-c3cccs3)n(CCCN)c2cc1C. The maximum absolute atomic E-state index is 5.68. The van der Waals surface area contributed by atoms with Crippen LogP contribution in [0, 0.1) is 13.8 Å². The van der Waals surface area contributed by atoms with Crippen molar-refractivity contribution < 1.29 is 0 Å². The molecular formula is C16H19N3S. The number of hydrogen-bond acceptors (Lipinski definition) is 3. The molecule has 0 aliphatic carbocycles. The number of aromatic nitrogens is 2. The molecule has 0 spiro atoms. The summed E-state index contributed by atoms with van der Waals surface area (Å²) in [6.45, 7) is 5.91. The summed E-state index contributed by atoms with van der Waals surface area (Å²) in [4.78, 5) is 6.06. The van der Waals surface area contributed by atoms with Gasteiger partial charge in [-0.1, -0.05) is 6.07 Å². The van der Waals surface area contributed by atoms with Gasteiger partial charge in [0.2, 0.25) is 0 Å². The van der Waals surface area contributed by atoms with Gasteiger partial charge in [0.1, 0.15) is 0 Å². The molecule has 20 heavy (non-hydrogen) atoms. The fraction of sp³-hybridized carbons (Fsp3) is 0.312. The van der Waals surface area contributed by atoms with E-state index < -0.39 is 0 Å². The standard InChI is InChI=1S/C16H19N3S/c1-11-9-13-14(10-12(11)2)19(7-4-6-17)16(18-13)15-5-3-8-20-15/h3,5,8-10H,4,6-7,17H2,1-2H3. The molecule has 2 N–H and O–H groups in total. The summed E-state index contributed by atoms with van der Waals surface area (Å²) in [5, 5.41) is 2.10. The first-order valence-corrected chi connectivity index (χ1v) is 7.80. The Morgan fingerprint density at radius 2 is 2.05 bits per heavy atom. The molecule has 0 bridgehead atoms. The number of fused-ring (bicyclic) bond motifs is 1. The molecule has 0 radical (unpaired) electrons. The first kappa shape index (κ1) is 13.3. The van der Waals surface area contributed by atoms with Gasteiger partial charge in [0.25, 0.3) is 0 Å². The highest BCUT2D eigenvalue weighted by molar-refractivity contribution is 7.13. The summed E-state index contributed by atoms with van der Waals surface area (Å²) in [5.41, 5.74) is 10.6. The lowest BCUT2D eigenvalue weighted by Crippen LogP contribution is -2.06. The molecule has 0 fully saturated rings. The average molecular weight is 285 g/mol. The molecular weight excluding hydrogens is 266 g/mol. The van der Waals surface area contributed by atoms with Crippen molar-refractivity contribution in [3.63, 3.8) is 0 Å². The predicted octanol–water partition coefficient (Wildman–Crippen LogP) is 3.73. The van der Waals surface area contributed by atoms with Crippen LogP contribution in [0.1, 0.15) is 17.5 Å². The van der Waals surface area contributed by atoms with Crippen molar-refractivity contribution in [2.45, 2.75) is 26.8 Å². The van der Waals surface area contributed by atoms with E-state index in [1.54, 1.807) is 11.3 Å². The maximum atomic E-state index is 5.68. The molecule has 0 aliphatic rings. The summed E-state index contributed by atoms with van der Waals surface area (Å²) in [7, 11) is 0. The number of nitrogens with two attached hydrogens (primary N) is 1. The third-order valence-corrected chi connectivity index (χ3v) is 4.56. The van der Waals surface area contributed by atoms with Crippen LogP contribution in [-0.4, -0.2) is 16.1 Å². The maximum Gasteiger partial charge on any atom is 0.151 e. The van der Waals surface area contributed by atoms with E-state index in [9.17, 15) is 0 Å². The fourth-order valence-electron chi connectivity index (χ4n) is 2.45. The summed E-state index contributed by atoms with van der Waals surface area (Å²) in [6, 6.07) is 8.62. The molecule has 0 saturated heterocycles. The molecule has 0 unspecified atom stereocenters. The van der Waals surface area contributed by atoms with Gasteiger partial charge in [-0.15, -0.1) is 11.3 Å². The van der Waals surface area contributed by atoms with Crippen LogP contribution in [-0.2, 0) is 6.54 Å². The number of imidazole rings is 1. The van der Waals surface area contributed by atoms with Gasteiger partial charge in [0, 0.05) is 6.54 Å². The lowest BCUT2D eigenvalue weighted by Gasteiger charge is -2.08. The Morgan fingerprint density at radius 3 is 2.75 bits per heavy atom. The molecule has 0 amide bonds. The molecule has 3 nitrogen and oxygen atoms in total. The van der Waals surface area contributed by atoms with Crippen LogP contribution in [0.5, 0.6) is 0 Å². The van der Waals surface area contributed by atoms with Crippen molar-refractivity contribution >= 4 is 22.4 Å². The molecule has 104 valence electrons. The zero-order valence-electron chi connectivity index (χ0n) is 11.9. The van der Waals surface area contributed by atoms with Crippen LogP contribution < -0.4 is 5.73 Å². The van der Waals surface area contributed by atoms with E-state index in [0.29, 0.717) is 6.54 Å². The van der Waals surface area contributed by atoms with Gasteiger partial charge >= 0.3 is 0 Å². The summed E-state index contributed by atoms with van der Waals surface area (Å²) >= 11 is 1.73. The molecule has 0 atom stereocenters.